The van der Waals surface area contributed by atoms with E-state index in [0.29, 0.717) is 11.3 Å². The number of para-hydroxylation sites is 1. The number of likely N-dealkylation sites (N-methyl/N-ethyl adjacent to an activating group) is 1. The Bertz CT molecular complexity index is 1780. The van der Waals surface area contributed by atoms with Crippen molar-refractivity contribution in [2.75, 3.05) is 39.2 Å². The van der Waals surface area contributed by atoms with Crippen LogP contribution < -0.4 is 14.8 Å². The summed E-state index contributed by atoms with van der Waals surface area (Å²) in [6.07, 6.45) is 0.988. The summed E-state index contributed by atoms with van der Waals surface area (Å²) in [4.78, 5) is 33.2. The van der Waals surface area contributed by atoms with Crippen LogP contribution in [0.1, 0.15) is 34.6 Å². The zero-order chi connectivity index (χ0) is 33.0. The predicted octanol–water partition coefficient (Wildman–Crippen LogP) is 4.61. The number of aromatic nitrogens is 1. The molecule has 0 bridgehead atoms. The van der Waals surface area contributed by atoms with Gasteiger partial charge in [-0.25, -0.2) is 13.4 Å². The molecule has 0 saturated carbocycles. The summed E-state index contributed by atoms with van der Waals surface area (Å²) in [6.45, 7) is 3.49. The molecule has 1 aromatic heterocycles. The van der Waals surface area contributed by atoms with Crippen molar-refractivity contribution in [3.63, 3.8) is 0 Å². The number of carbonyl (C=O) groups excluding carboxylic acids is 2. The molecule has 3 atom stereocenters. The molecular formula is C33H36N4O7S2. The third-order valence-corrected chi connectivity index (χ3v) is 10.6. The Morgan fingerprint density at radius 1 is 1.17 bits per heavy atom. The van der Waals surface area contributed by atoms with E-state index in [1.165, 1.54) is 41.9 Å². The van der Waals surface area contributed by atoms with Gasteiger partial charge < -0.3 is 24.8 Å². The van der Waals surface area contributed by atoms with Crippen LogP contribution in [0.15, 0.2) is 83.2 Å². The van der Waals surface area contributed by atoms with Crippen molar-refractivity contribution in [2.24, 2.45) is 5.92 Å². The van der Waals surface area contributed by atoms with Crippen molar-refractivity contribution in [2.45, 2.75) is 30.9 Å². The number of hydrogen-bond donors (Lipinski definition) is 2. The van der Waals surface area contributed by atoms with Gasteiger partial charge in [0.1, 0.15) is 16.9 Å². The number of thiazole rings is 1. The van der Waals surface area contributed by atoms with Gasteiger partial charge in [0.25, 0.3) is 11.8 Å². The van der Waals surface area contributed by atoms with Gasteiger partial charge in [0.15, 0.2) is 5.75 Å². The minimum atomic E-state index is -3.91. The maximum Gasteiger partial charge on any atom is 0.258 e. The van der Waals surface area contributed by atoms with Crippen LogP contribution >= 0.6 is 11.3 Å². The molecule has 2 amide bonds. The van der Waals surface area contributed by atoms with Gasteiger partial charge in [-0.1, -0.05) is 25.1 Å². The smallest absolute Gasteiger partial charge is 0.258 e. The molecule has 0 spiro atoms. The molecule has 0 unspecified atom stereocenters. The number of nitrogens with one attached hydrogen (secondary N) is 1. The molecule has 11 nitrogen and oxygen atoms in total. The molecule has 1 aliphatic heterocycles. The number of aliphatic hydroxyl groups is 1. The largest absolute Gasteiger partial charge is 0.497 e. The summed E-state index contributed by atoms with van der Waals surface area (Å²) < 4.78 is 39.9. The van der Waals surface area contributed by atoms with Crippen LogP contribution in [0.25, 0.3) is 10.6 Å². The van der Waals surface area contributed by atoms with E-state index in [-0.39, 0.29) is 53.4 Å². The van der Waals surface area contributed by atoms with Crippen molar-refractivity contribution in [3.8, 4) is 22.1 Å². The molecule has 5 rings (SSSR count). The number of ether oxygens (including phenoxy) is 2. The van der Waals surface area contributed by atoms with E-state index >= 15 is 0 Å². The first-order valence-electron chi connectivity index (χ1n) is 14.7. The average Bonchev–Trinajstić information content (AvgIpc) is 3.61. The number of anilines is 1. The molecule has 3 aromatic carbocycles. The Balaban J connectivity index is 1.46. The molecule has 0 radical (unpaired) electrons. The molecule has 2 N–H and O–H groups in total. The second-order valence-electron chi connectivity index (χ2n) is 11.1. The number of amides is 2. The Morgan fingerprint density at radius 2 is 1.89 bits per heavy atom. The lowest BCUT2D eigenvalue weighted by molar-refractivity contribution is 0.0388. The Hall–Kier alpha value is -4.30. The highest BCUT2D eigenvalue weighted by Gasteiger charge is 2.36. The summed E-state index contributed by atoms with van der Waals surface area (Å²) in [6, 6.07) is 17.5. The minimum Gasteiger partial charge on any atom is -0.497 e. The summed E-state index contributed by atoms with van der Waals surface area (Å²) in [5.41, 5.74) is 1.72. The van der Waals surface area contributed by atoms with Crippen LogP contribution in [0.4, 0.5) is 5.69 Å². The van der Waals surface area contributed by atoms with Crippen LogP contribution in [0, 0.1) is 5.92 Å². The van der Waals surface area contributed by atoms with Crippen molar-refractivity contribution >= 4 is 38.9 Å². The first-order valence-corrected chi connectivity index (χ1v) is 17.0. The summed E-state index contributed by atoms with van der Waals surface area (Å²) in [5.74, 6) is -0.488. The third-order valence-electron chi connectivity index (χ3n) is 7.97. The zero-order valence-electron chi connectivity index (χ0n) is 25.9. The number of carbonyl (C=O) groups is 2. The Labute approximate surface area is 272 Å². The molecule has 0 aliphatic carbocycles. The van der Waals surface area contributed by atoms with E-state index in [1.54, 1.807) is 60.5 Å². The number of nitrogens with zero attached hydrogens (tertiary/aromatic N) is 3. The fourth-order valence-electron chi connectivity index (χ4n) is 5.16. The van der Waals surface area contributed by atoms with Crippen LogP contribution in [0.5, 0.6) is 11.5 Å². The molecule has 0 fully saturated rings. The fourth-order valence-corrected chi connectivity index (χ4v) is 6.99. The van der Waals surface area contributed by atoms with Gasteiger partial charge in [-0.3, -0.25) is 9.59 Å². The highest BCUT2D eigenvalue weighted by molar-refractivity contribution is 7.89. The van der Waals surface area contributed by atoms with E-state index in [1.807, 2.05) is 24.4 Å². The molecule has 4 aromatic rings. The molecule has 2 heterocycles. The summed E-state index contributed by atoms with van der Waals surface area (Å²) >= 11 is 1.50. The molecule has 0 saturated heterocycles. The van der Waals surface area contributed by atoms with Gasteiger partial charge in [0.05, 0.1) is 42.4 Å². The van der Waals surface area contributed by atoms with E-state index in [4.69, 9.17) is 9.47 Å². The first kappa shape index (κ1) is 33.1. The highest BCUT2D eigenvalue weighted by Crippen LogP contribution is 2.36. The van der Waals surface area contributed by atoms with E-state index in [9.17, 15) is 23.1 Å². The average molecular weight is 665 g/mol. The third kappa shape index (κ3) is 6.92. The monoisotopic (exact) mass is 664 g/mol. The molecule has 1 aliphatic rings. The summed E-state index contributed by atoms with van der Waals surface area (Å²) in [7, 11) is -0.939. The molecule has 13 heteroatoms. The topological polar surface area (TPSA) is 138 Å². The quantitative estimate of drug-likeness (QED) is 0.251. The minimum absolute atomic E-state index is 0.0506. The van der Waals surface area contributed by atoms with Gasteiger partial charge in [-0.2, -0.15) is 4.31 Å². The molecular weight excluding hydrogens is 629 g/mol. The van der Waals surface area contributed by atoms with Crippen molar-refractivity contribution < 1.29 is 32.6 Å². The van der Waals surface area contributed by atoms with Gasteiger partial charge in [0, 0.05) is 42.2 Å². The van der Waals surface area contributed by atoms with Gasteiger partial charge >= 0.3 is 0 Å². The van der Waals surface area contributed by atoms with Crippen molar-refractivity contribution in [1.29, 1.82) is 0 Å². The Kier molecular flexibility index (Phi) is 10.1. The van der Waals surface area contributed by atoms with Crippen molar-refractivity contribution in [3.05, 3.63) is 89.4 Å². The van der Waals surface area contributed by atoms with E-state index in [0.717, 1.165) is 10.6 Å². The van der Waals surface area contributed by atoms with Gasteiger partial charge in [0.2, 0.25) is 10.0 Å². The zero-order valence-corrected chi connectivity index (χ0v) is 27.5. The van der Waals surface area contributed by atoms with Crippen LogP contribution in [-0.2, 0) is 10.0 Å². The maximum atomic E-state index is 13.8. The van der Waals surface area contributed by atoms with Gasteiger partial charge in [-0.05, 0) is 55.5 Å². The second-order valence-corrected chi connectivity index (χ2v) is 14.1. The molecule has 46 heavy (non-hydrogen) atoms. The number of aliphatic hydroxyl groups excluding tert-OH is 1. The van der Waals surface area contributed by atoms with Crippen LogP contribution in [0.3, 0.4) is 0 Å². The van der Waals surface area contributed by atoms with Gasteiger partial charge in [-0.15, -0.1) is 11.3 Å². The predicted molar refractivity (Wildman–Crippen MR) is 176 cm³/mol. The lowest BCUT2D eigenvalue weighted by Gasteiger charge is -2.38. The number of rotatable bonds is 10. The van der Waals surface area contributed by atoms with Crippen LogP contribution in [-0.4, -0.2) is 85.5 Å². The SMILES string of the molecule is COc1ccc(S(=O)(=O)N(C)C[C@H]2Oc3c(NC(=O)c4ccc(-c5nccs5)cc4)cccc3C(=O)N([C@H](C)CO)C[C@@H]2C)cc1. The maximum absolute atomic E-state index is 13.8. The number of methoxy groups -OCH3 is 1. The highest BCUT2D eigenvalue weighted by atomic mass is 32.2. The number of fused-ring (bicyclic) bond motifs is 1. The van der Waals surface area contributed by atoms with Crippen LogP contribution in [0.2, 0.25) is 0 Å². The normalized spacial score (nSPS) is 17.4. The molecule has 242 valence electrons. The number of sulfonamides is 1. The Morgan fingerprint density at radius 3 is 2.52 bits per heavy atom. The first-order chi connectivity index (χ1) is 22.0. The lowest BCUT2D eigenvalue weighted by atomic mass is 9.99. The van der Waals surface area contributed by atoms with E-state index < -0.39 is 28.1 Å². The van der Waals surface area contributed by atoms with E-state index in [2.05, 4.69) is 10.3 Å². The fraction of sp³-hybridized carbons (Fsp3) is 0.303. The number of benzene rings is 3. The number of hydrogen-bond acceptors (Lipinski definition) is 9. The lowest BCUT2D eigenvalue weighted by Crippen LogP contribution is -2.50. The summed E-state index contributed by atoms with van der Waals surface area (Å²) in [5, 5.41) is 15.6. The standard InChI is InChI=1S/C33H36N4O7S2/c1-21-18-37(22(2)20-38)33(40)27-6-5-7-28(35-31(39)23-8-10-24(11-9-23)32-34-16-17-45-32)30(27)44-29(21)19-36(3)46(41,42)26-14-12-25(43-4)13-15-26/h5-17,21-22,29,38H,18-20H2,1-4H3,(H,35,39)/t21-,22+,29+/m0/s1. The van der Waals surface area contributed by atoms with Crippen molar-refractivity contribution in [1.82, 2.24) is 14.2 Å². The second kappa shape index (κ2) is 14.0.